The fourth-order valence-corrected chi connectivity index (χ4v) is 2.64. The van der Waals surface area contributed by atoms with Crippen LogP contribution in [-0.2, 0) is 18.8 Å². The smallest absolute Gasteiger partial charge is 0.417 e. The summed E-state index contributed by atoms with van der Waals surface area (Å²) >= 11 is 0. The first kappa shape index (κ1) is 15.7. The van der Waals surface area contributed by atoms with Crippen molar-refractivity contribution in [1.29, 1.82) is 0 Å². The zero-order valence-electron chi connectivity index (χ0n) is 11.6. The summed E-state index contributed by atoms with van der Waals surface area (Å²) in [6, 6.07) is 6.20. The first-order chi connectivity index (χ1) is 10.7. The highest BCUT2D eigenvalue weighted by molar-refractivity contribution is 5.77. The number of ether oxygens (including phenoxy) is 1. The van der Waals surface area contributed by atoms with Crippen LogP contribution in [-0.4, -0.2) is 6.61 Å². The molecule has 0 saturated heterocycles. The highest BCUT2D eigenvalue weighted by Gasteiger charge is 2.37. The Kier molecular flexibility index (Phi) is 3.54. The molecule has 1 heterocycles. The van der Waals surface area contributed by atoms with Crippen molar-refractivity contribution < 1.29 is 31.1 Å². The van der Waals surface area contributed by atoms with Gasteiger partial charge in [0.05, 0.1) is 17.7 Å². The van der Waals surface area contributed by atoms with Crippen LogP contribution in [0.3, 0.4) is 0 Å². The van der Waals surface area contributed by atoms with Gasteiger partial charge in [-0.15, -0.1) is 0 Å². The molecule has 0 bridgehead atoms. The topological polar surface area (TPSA) is 9.23 Å². The maximum Gasteiger partial charge on any atom is 0.417 e. The third kappa shape index (κ3) is 2.87. The van der Waals surface area contributed by atoms with Crippen LogP contribution in [0.2, 0.25) is 0 Å². The number of fused-ring (bicyclic) bond motifs is 1. The molecule has 1 aliphatic rings. The number of hydrogen-bond acceptors (Lipinski definition) is 1. The van der Waals surface area contributed by atoms with Crippen LogP contribution >= 0.6 is 0 Å². The molecule has 1 aliphatic heterocycles. The van der Waals surface area contributed by atoms with Gasteiger partial charge in [-0.2, -0.15) is 26.3 Å². The van der Waals surface area contributed by atoms with Crippen LogP contribution in [0.1, 0.15) is 16.7 Å². The molecule has 0 fully saturated rings. The molecule has 7 heteroatoms. The van der Waals surface area contributed by atoms with Crippen LogP contribution < -0.4 is 4.74 Å². The van der Waals surface area contributed by atoms with Crippen molar-refractivity contribution in [2.24, 2.45) is 0 Å². The summed E-state index contributed by atoms with van der Waals surface area (Å²) in [6.07, 6.45) is -9.07. The molecule has 0 aromatic heterocycles. The Hall–Kier alpha value is -2.18. The second-order valence-corrected chi connectivity index (χ2v) is 5.15. The van der Waals surface area contributed by atoms with Gasteiger partial charge in [-0.05, 0) is 29.3 Å². The molecule has 0 saturated carbocycles. The molecule has 0 atom stereocenters. The lowest BCUT2D eigenvalue weighted by Crippen LogP contribution is -2.09. The van der Waals surface area contributed by atoms with Crippen LogP contribution in [0.15, 0.2) is 36.4 Å². The van der Waals surface area contributed by atoms with Gasteiger partial charge in [-0.1, -0.05) is 18.2 Å². The molecule has 1 nitrogen and oxygen atoms in total. The van der Waals surface area contributed by atoms with E-state index in [1.165, 1.54) is 12.1 Å². The summed E-state index contributed by atoms with van der Waals surface area (Å²) in [4.78, 5) is 0. The molecule has 0 radical (unpaired) electrons. The van der Waals surface area contributed by atoms with Gasteiger partial charge in [0.2, 0.25) is 0 Å². The van der Waals surface area contributed by atoms with Crippen LogP contribution in [0.5, 0.6) is 5.75 Å². The normalized spacial score (nSPS) is 14.5. The van der Waals surface area contributed by atoms with E-state index < -0.39 is 23.5 Å². The second kappa shape index (κ2) is 5.18. The van der Waals surface area contributed by atoms with E-state index in [9.17, 15) is 26.3 Å². The van der Waals surface area contributed by atoms with E-state index in [0.29, 0.717) is 6.07 Å². The van der Waals surface area contributed by atoms with E-state index in [4.69, 9.17) is 4.74 Å². The molecule has 0 unspecified atom stereocenters. The molecule has 122 valence electrons. The number of benzene rings is 2. The summed E-state index contributed by atoms with van der Waals surface area (Å²) in [5.41, 5.74) is -2.19. The lowest BCUT2D eigenvalue weighted by Gasteiger charge is -2.17. The fourth-order valence-electron chi connectivity index (χ4n) is 2.64. The molecular formula is C16H10F6O. The zero-order valence-corrected chi connectivity index (χ0v) is 11.6. The van der Waals surface area contributed by atoms with Crippen molar-refractivity contribution in [3.8, 4) is 16.9 Å². The minimum Gasteiger partial charge on any atom is -0.492 e. The maximum absolute atomic E-state index is 13.2. The van der Waals surface area contributed by atoms with Gasteiger partial charge >= 0.3 is 12.4 Å². The molecule has 0 aliphatic carbocycles. The SMILES string of the molecule is FC(F)(F)c1cc2c(c(-c3ccccc3C(F)(F)F)c1)OCC2. The summed E-state index contributed by atoms with van der Waals surface area (Å²) in [6.45, 7) is 0.151. The number of halogens is 6. The van der Waals surface area contributed by atoms with Crippen LogP contribution in [0, 0.1) is 0 Å². The van der Waals surface area contributed by atoms with Crippen molar-refractivity contribution >= 4 is 0 Å². The Morgan fingerprint density at radius 2 is 1.52 bits per heavy atom. The summed E-state index contributed by atoms with van der Waals surface area (Å²) in [5, 5.41) is 0. The van der Waals surface area contributed by atoms with E-state index in [0.717, 1.165) is 18.2 Å². The predicted molar refractivity (Wildman–Crippen MR) is 71.1 cm³/mol. The number of hydrogen-bond donors (Lipinski definition) is 0. The van der Waals surface area contributed by atoms with Gasteiger partial charge in [-0.25, -0.2) is 0 Å². The van der Waals surface area contributed by atoms with Gasteiger partial charge in [0, 0.05) is 12.0 Å². The van der Waals surface area contributed by atoms with Gasteiger partial charge in [0.1, 0.15) is 5.75 Å². The van der Waals surface area contributed by atoms with Crippen molar-refractivity contribution in [3.05, 3.63) is 53.1 Å². The van der Waals surface area contributed by atoms with Crippen molar-refractivity contribution in [1.82, 2.24) is 0 Å². The monoisotopic (exact) mass is 332 g/mol. The largest absolute Gasteiger partial charge is 0.492 e. The Labute approximate surface area is 127 Å². The highest BCUT2D eigenvalue weighted by Crippen LogP contribution is 2.45. The average Bonchev–Trinajstić information content (AvgIpc) is 2.92. The quantitative estimate of drug-likeness (QED) is 0.642. The Morgan fingerprint density at radius 1 is 0.826 bits per heavy atom. The molecule has 0 spiro atoms. The van der Waals surface area contributed by atoms with Gasteiger partial charge in [0.25, 0.3) is 0 Å². The number of rotatable bonds is 1. The Bertz CT molecular complexity index is 745. The van der Waals surface area contributed by atoms with Crippen molar-refractivity contribution in [2.45, 2.75) is 18.8 Å². The van der Waals surface area contributed by atoms with Crippen LogP contribution in [0.25, 0.3) is 11.1 Å². The highest BCUT2D eigenvalue weighted by atomic mass is 19.4. The Morgan fingerprint density at radius 3 is 2.17 bits per heavy atom. The summed E-state index contributed by atoms with van der Waals surface area (Å²) < 4.78 is 83.8. The molecule has 3 rings (SSSR count). The standard InChI is InChI=1S/C16H10F6O/c17-15(18,19)10-7-9-5-6-23-14(9)12(8-10)11-3-1-2-4-13(11)16(20,21)22/h1-4,7-8H,5-6H2. The van der Waals surface area contributed by atoms with E-state index in [1.807, 2.05) is 0 Å². The fraction of sp³-hybridized carbons (Fsp3) is 0.250. The van der Waals surface area contributed by atoms with Crippen molar-refractivity contribution in [2.75, 3.05) is 6.61 Å². The summed E-state index contributed by atoms with van der Waals surface area (Å²) in [5.74, 6) is 0.0923. The first-order valence-electron chi connectivity index (χ1n) is 6.71. The van der Waals surface area contributed by atoms with E-state index in [-0.39, 0.29) is 35.5 Å². The van der Waals surface area contributed by atoms with Gasteiger partial charge in [-0.3, -0.25) is 0 Å². The van der Waals surface area contributed by atoms with E-state index in [1.54, 1.807) is 0 Å². The minimum absolute atomic E-state index is 0.0923. The summed E-state index contributed by atoms with van der Waals surface area (Å²) in [7, 11) is 0. The van der Waals surface area contributed by atoms with Gasteiger partial charge < -0.3 is 4.74 Å². The Balaban J connectivity index is 2.28. The molecule has 0 N–H and O–H groups in total. The lowest BCUT2D eigenvalue weighted by atomic mass is 9.94. The molecular weight excluding hydrogens is 322 g/mol. The zero-order chi connectivity index (χ0) is 16.8. The number of alkyl halides is 6. The first-order valence-corrected chi connectivity index (χ1v) is 6.71. The van der Waals surface area contributed by atoms with Gasteiger partial charge in [0.15, 0.2) is 0 Å². The molecule has 0 amide bonds. The van der Waals surface area contributed by atoms with E-state index in [2.05, 4.69) is 0 Å². The molecule has 2 aromatic rings. The maximum atomic E-state index is 13.2. The minimum atomic E-state index is -4.67. The lowest BCUT2D eigenvalue weighted by molar-refractivity contribution is -0.137. The third-order valence-corrected chi connectivity index (χ3v) is 3.63. The van der Waals surface area contributed by atoms with E-state index >= 15 is 0 Å². The second-order valence-electron chi connectivity index (χ2n) is 5.15. The predicted octanol–water partition coefficient (Wildman–Crippen LogP) is 5.33. The molecule has 2 aromatic carbocycles. The van der Waals surface area contributed by atoms with Crippen LogP contribution in [0.4, 0.5) is 26.3 Å². The third-order valence-electron chi connectivity index (χ3n) is 3.63. The average molecular weight is 332 g/mol. The van der Waals surface area contributed by atoms with Crippen molar-refractivity contribution in [3.63, 3.8) is 0 Å². The molecule has 23 heavy (non-hydrogen) atoms.